The lowest BCUT2D eigenvalue weighted by atomic mass is 9.82. The number of hydrogen-bond donors (Lipinski definition) is 4. The molecule has 3 aliphatic heterocycles. The molecule has 4 aliphatic rings. The average molecular weight is 1060 g/mol. The number of pyridine rings is 1. The van der Waals surface area contributed by atoms with E-state index in [0.717, 1.165) is 42.6 Å². The number of ether oxygens (including phenoxy) is 1. The lowest BCUT2D eigenvalue weighted by Crippen LogP contribution is -2.38. The number of nitrogens with two attached hydrogens (primary N) is 1. The number of phenols is 1. The topological polar surface area (TPSA) is 217 Å². The van der Waals surface area contributed by atoms with Crippen LogP contribution in [-0.2, 0) is 38.7 Å². The fourth-order valence-corrected chi connectivity index (χ4v) is 10.8. The van der Waals surface area contributed by atoms with Gasteiger partial charge in [-0.05, 0) is 92.0 Å². The van der Waals surface area contributed by atoms with Crippen LogP contribution in [-0.4, -0.2) is 110 Å². The molecule has 2 fully saturated rings. The van der Waals surface area contributed by atoms with Crippen molar-refractivity contribution in [3.8, 4) is 11.5 Å². The number of fused-ring (bicyclic) bond motifs is 2. The summed E-state index contributed by atoms with van der Waals surface area (Å²) in [6.45, 7) is 7.74. The van der Waals surface area contributed by atoms with E-state index in [2.05, 4.69) is 25.5 Å². The minimum atomic E-state index is -2.24. The zero-order valence-corrected chi connectivity index (χ0v) is 42.4. The predicted octanol–water partition coefficient (Wildman–Crippen LogP) is 7.58. The van der Waals surface area contributed by atoms with Crippen molar-refractivity contribution >= 4 is 70.6 Å². The minimum absolute atomic E-state index is 0.00284. The van der Waals surface area contributed by atoms with Gasteiger partial charge in [0, 0.05) is 98.8 Å². The summed E-state index contributed by atoms with van der Waals surface area (Å²) in [6.07, 6.45) is 7.25. The molecule has 396 valence electrons. The number of carbonyl (C=O) groups is 6. The predicted molar refractivity (Wildman–Crippen MR) is 273 cm³/mol. The number of hydrogen-bond acceptors (Lipinski definition) is 13. The molecular formula is C54H58F4N8O8S. The van der Waals surface area contributed by atoms with E-state index in [0.29, 0.717) is 84.2 Å². The van der Waals surface area contributed by atoms with Gasteiger partial charge in [0.2, 0.25) is 52.5 Å². The number of halogens is 4. The number of anilines is 1. The Hall–Kier alpha value is -7.13. The Morgan fingerprint density at radius 3 is 2.33 bits per heavy atom. The molecule has 75 heavy (non-hydrogen) atoms. The smallest absolute Gasteiger partial charge is 0.314 e. The van der Waals surface area contributed by atoms with Gasteiger partial charge < -0.3 is 31.1 Å². The number of phenolic OH excluding ortho intramolecular Hbond substituents is 1. The number of nitrogens with zero attached hydrogens (tertiary/aromatic N) is 5. The fraction of sp³-hybridized carbons (Fsp3) is 0.407. The summed E-state index contributed by atoms with van der Waals surface area (Å²) in [6, 6.07) is 14.4. The number of benzene rings is 3. The molecule has 3 aromatic carbocycles. The number of aliphatic imine (C=N–C) groups is 1. The van der Waals surface area contributed by atoms with E-state index in [9.17, 15) is 51.4 Å². The second kappa shape index (κ2) is 24.0. The van der Waals surface area contributed by atoms with E-state index < -0.39 is 51.9 Å². The maximum atomic E-state index is 14.1. The Labute approximate surface area is 435 Å². The molecule has 1 aliphatic carbocycles. The van der Waals surface area contributed by atoms with Gasteiger partial charge in [-0.3, -0.25) is 43.6 Å². The van der Waals surface area contributed by atoms with Crippen LogP contribution in [0.25, 0.3) is 6.08 Å². The minimum Gasteiger partial charge on any atom is -0.502 e. The first-order chi connectivity index (χ1) is 36.0. The van der Waals surface area contributed by atoms with E-state index in [-0.39, 0.29) is 74.2 Å². The lowest BCUT2D eigenvalue weighted by Gasteiger charge is -2.29. The molecule has 21 heteroatoms. The third-order valence-electron chi connectivity index (χ3n) is 13.7. The highest BCUT2D eigenvalue weighted by molar-refractivity contribution is 8.00. The van der Waals surface area contributed by atoms with Gasteiger partial charge in [0.15, 0.2) is 0 Å². The van der Waals surface area contributed by atoms with Crippen LogP contribution in [0.2, 0.25) is 0 Å². The van der Waals surface area contributed by atoms with Crippen LogP contribution in [0.5, 0.6) is 11.5 Å². The van der Waals surface area contributed by atoms with Gasteiger partial charge >= 0.3 is 5.97 Å². The monoisotopic (exact) mass is 1050 g/mol. The maximum Gasteiger partial charge on any atom is 0.314 e. The molecule has 1 unspecified atom stereocenters. The first-order valence-corrected chi connectivity index (χ1v) is 26.1. The molecular weight excluding hydrogens is 997 g/mol. The number of esters is 1. The Balaban J connectivity index is 0.758. The van der Waals surface area contributed by atoms with Crippen molar-refractivity contribution in [3.63, 3.8) is 0 Å². The van der Waals surface area contributed by atoms with Crippen LogP contribution in [0.4, 0.5) is 28.9 Å². The summed E-state index contributed by atoms with van der Waals surface area (Å²) in [7, 11) is 0. The first-order valence-electron chi connectivity index (χ1n) is 25.1. The molecule has 1 saturated carbocycles. The van der Waals surface area contributed by atoms with Gasteiger partial charge in [0.05, 0.1) is 28.7 Å². The largest absolute Gasteiger partial charge is 0.502 e. The molecule has 5 amide bonds. The van der Waals surface area contributed by atoms with E-state index >= 15 is 0 Å². The highest BCUT2D eigenvalue weighted by atomic mass is 32.2. The molecule has 1 atom stereocenters. The van der Waals surface area contributed by atoms with E-state index in [1.807, 2.05) is 43.0 Å². The molecule has 8 rings (SSSR count). The van der Waals surface area contributed by atoms with E-state index in [4.69, 9.17) is 10.5 Å². The SMILES string of the molecule is CCCN(CCC)C(=O)C1=Cc2ccc(C(=O)Nc3cnc4c(c3)CN(Cc3ccc(C(=O)NCCSC5CC(=O)N(CC6CCC(C(=O)Oc7c(O)c(F)c(F)c(F)c7F)CC6)C5=O)cc3)CC4)cc2N=C(N)C1. The Kier molecular flexibility index (Phi) is 17.4. The zero-order valence-electron chi connectivity index (χ0n) is 41.6. The molecule has 1 aromatic heterocycles. The zero-order chi connectivity index (χ0) is 53.5. The van der Waals surface area contributed by atoms with Gasteiger partial charge in [-0.2, -0.15) is 8.78 Å². The number of aromatic nitrogens is 1. The number of aromatic hydroxyl groups is 1. The normalized spacial score (nSPS) is 18.6. The summed E-state index contributed by atoms with van der Waals surface area (Å²) >= 11 is 1.27. The van der Waals surface area contributed by atoms with Crippen LogP contribution in [0.15, 0.2) is 65.3 Å². The van der Waals surface area contributed by atoms with Crippen molar-refractivity contribution in [1.82, 2.24) is 25.0 Å². The molecule has 1 saturated heterocycles. The molecule has 0 bridgehead atoms. The first kappa shape index (κ1) is 54.1. The van der Waals surface area contributed by atoms with Crippen LogP contribution in [0.1, 0.15) is 108 Å². The molecule has 4 aromatic rings. The average Bonchev–Trinajstić information content (AvgIpc) is 3.54. The number of rotatable bonds is 18. The number of carbonyl (C=O) groups excluding carboxylic acids is 6. The third kappa shape index (κ3) is 12.7. The molecule has 0 radical (unpaired) electrons. The van der Waals surface area contributed by atoms with Crippen LogP contribution >= 0.6 is 11.8 Å². The summed E-state index contributed by atoms with van der Waals surface area (Å²) in [5.41, 5.74) is 12.4. The number of amidine groups is 1. The molecule has 16 nitrogen and oxygen atoms in total. The van der Waals surface area contributed by atoms with Crippen LogP contribution in [0, 0.1) is 35.1 Å². The fourth-order valence-electron chi connectivity index (χ4n) is 9.80. The van der Waals surface area contributed by atoms with Crippen molar-refractivity contribution in [1.29, 1.82) is 0 Å². The summed E-state index contributed by atoms with van der Waals surface area (Å²) in [4.78, 5) is 93.3. The summed E-state index contributed by atoms with van der Waals surface area (Å²) in [5, 5.41) is 14.9. The quantitative estimate of drug-likeness (QED) is 0.0144. The second-order valence-electron chi connectivity index (χ2n) is 19.2. The van der Waals surface area contributed by atoms with Gasteiger partial charge in [-0.1, -0.05) is 32.0 Å². The van der Waals surface area contributed by atoms with Crippen LogP contribution < -0.4 is 21.1 Å². The number of likely N-dealkylation sites (tertiary alicyclic amines) is 1. The number of amides is 5. The summed E-state index contributed by atoms with van der Waals surface area (Å²) < 4.78 is 59.7. The van der Waals surface area contributed by atoms with Gasteiger partial charge in [0.25, 0.3) is 11.8 Å². The van der Waals surface area contributed by atoms with Crippen molar-refractivity contribution in [2.24, 2.45) is 22.6 Å². The Bertz CT molecular complexity index is 2910. The number of nitrogens with one attached hydrogen (secondary N) is 2. The maximum absolute atomic E-state index is 14.1. The molecule has 0 spiro atoms. The van der Waals surface area contributed by atoms with Crippen molar-refractivity contribution < 1.29 is 56.2 Å². The van der Waals surface area contributed by atoms with E-state index in [1.165, 1.54) is 16.7 Å². The molecule has 4 heterocycles. The lowest BCUT2D eigenvalue weighted by molar-refractivity contribution is -0.142. The van der Waals surface area contributed by atoms with Gasteiger partial charge in [-0.25, -0.2) is 13.8 Å². The van der Waals surface area contributed by atoms with Crippen LogP contribution in [0.3, 0.4) is 0 Å². The summed E-state index contributed by atoms with van der Waals surface area (Å²) in [5.74, 6) is -14.4. The third-order valence-corrected chi connectivity index (χ3v) is 14.9. The van der Waals surface area contributed by atoms with Crippen molar-refractivity contribution in [2.45, 2.75) is 90.0 Å². The van der Waals surface area contributed by atoms with Gasteiger partial charge in [-0.15, -0.1) is 11.8 Å². The van der Waals surface area contributed by atoms with Crippen molar-refractivity contribution in [2.75, 3.05) is 43.8 Å². The Morgan fingerprint density at radius 1 is 0.907 bits per heavy atom. The molecule has 5 N–H and O–H groups in total. The van der Waals surface area contributed by atoms with Gasteiger partial charge in [0.1, 0.15) is 5.84 Å². The number of thioether (sulfide) groups is 1. The Morgan fingerprint density at radius 2 is 1.61 bits per heavy atom. The second-order valence-corrected chi connectivity index (χ2v) is 20.5. The van der Waals surface area contributed by atoms with Crippen molar-refractivity contribution in [3.05, 3.63) is 117 Å². The highest BCUT2D eigenvalue weighted by Gasteiger charge is 2.41. The standard InChI is InChI=1S/C54H58F4N8O8S/c1-3-17-65(18-4-2)52(71)36-21-34-13-14-35(23-40(34)63-42(59)24-36)51(70)62-38-22-37-29-64(19-15-39(37)61-26-38)27-30-5-9-32(10-6-30)50(69)60-16-20-75-41-25-43(67)66(53(41)72)28-31-7-11-33(12-8-31)54(73)74-49-47(58)45(56)44(55)46(57)48(49)68/h5-6,9-10,13-14,21-23,26,31,33,41,68H,3-4,7-8,11-12,15-20,24-25,27-29H2,1-2H3,(H2,59,63)(H,60,69)(H,62,70). The number of imide groups is 1. The highest BCUT2D eigenvalue weighted by Crippen LogP contribution is 2.39. The van der Waals surface area contributed by atoms with E-state index in [1.54, 1.807) is 36.5 Å².